The molecule has 1 saturated carbocycles. The minimum absolute atomic E-state index is 0.522. The molecule has 3 heteroatoms. The van der Waals surface area contributed by atoms with Crippen molar-refractivity contribution in [3.05, 3.63) is 16.3 Å². The van der Waals surface area contributed by atoms with E-state index in [2.05, 4.69) is 23.8 Å². The summed E-state index contributed by atoms with van der Waals surface area (Å²) in [6.07, 6.45) is 6.94. The van der Waals surface area contributed by atoms with Crippen LogP contribution < -0.4 is 10.1 Å². The zero-order valence-corrected chi connectivity index (χ0v) is 11.0. The zero-order valence-electron chi connectivity index (χ0n) is 10.2. The van der Waals surface area contributed by atoms with E-state index in [0.717, 1.165) is 11.7 Å². The number of methoxy groups -OCH3 is 1. The molecule has 1 N–H and O–H groups in total. The van der Waals surface area contributed by atoms with Gasteiger partial charge in [-0.3, -0.25) is 0 Å². The fraction of sp³-hybridized carbons (Fsp3) is 0.692. The molecule has 2 nitrogen and oxygen atoms in total. The highest BCUT2D eigenvalue weighted by Gasteiger charge is 2.24. The zero-order chi connectivity index (χ0) is 11.4. The van der Waals surface area contributed by atoms with E-state index in [4.69, 9.17) is 4.74 Å². The summed E-state index contributed by atoms with van der Waals surface area (Å²) >= 11 is 1.81. The van der Waals surface area contributed by atoms with Crippen LogP contribution in [0.25, 0.3) is 0 Å². The second-order valence-corrected chi connectivity index (χ2v) is 5.50. The van der Waals surface area contributed by atoms with Gasteiger partial charge in [-0.25, -0.2) is 0 Å². The summed E-state index contributed by atoms with van der Waals surface area (Å²) in [4.78, 5) is 1.42. The first kappa shape index (κ1) is 11.9. The molecule has 1 aromatic heterocycles. The lowest BCUT2D eigenvalue weighted by molar-refractivity contribution is 0.284. The molecule has 1 fully saturated rings. The molecule has 1 heterocycles. The predicted octanol–water partition coefficient (Wildman–Crippen LogP) is 3.60. The summed E-state index contributed by atoms with van der Waals surface area (Å²) < 4.78 is 5.26. The van der Waals surface area contributed by atoms with Crippen LogP contribution in [-0.4, -0.2) is 14.2 Å². The Kier molecular flexibility index (Phi) is 4.24. The monoisotopic (exact) mass is 239 g/mol. The van der Waals surface area contributed by atoms with Crippen molar-refractivity contribution >= 4 is 11.3 Å². The van der Waals surface area contributed by atoms with E-state index >= 15 is 0 Å². The molecule has 0 spiro atoms. The van der Waals surface area contributed by atoms with E-state index in [-0.39, 0.29) is 0 Å². The van der Waals surface area contributed by atoms with Crippen molar-refractivity contribution in [1.82, 2.24) is 5.32 Å². The molecular weight excluding hydrogens is 218 g/mol. The molecule has 90 valence electrons. The largest absolute Gasteiger partial charge is 0.496 e. The Morgan fingerprint density at radius 1 is 1.38 bits per heavy atom. The third-order valence-corrected chi connectivity index (χ3v) is 4.56. The predicted molar refractivity (Wildman–Crippen MR) is 69.2 cm³/mol. The number of thiophene rings is 1. The van der Waals surface area contributed by atoms with Gasteiger partial charge in [-0.1, -0.05) is 19.3 Å². The summed E-state index contributed by atoms with van der Waals surface area (Å²) in [6.45, 7) is 0. The molecule has 0 radical (unpaired) electrons. The molecule has 1 unspecified atom stereocenters. The third-order valence-electron chi connectivity index (χ3n) is 3.57. The lowest BCUT2D eigenvalue weighted by atomic mass is 9.83. The van der Waals surface area contributed by atoms with Gasteiger partial charge in [0.1, 0.15) is 5.75 Å². The van der Waals surface area contributed by atoms with Crippen LogP contribution in [0.3, 0.4) is 0 Å². The number of hydrogen-bond donors (Lipinski definition) is 1. The minimum Gasteiger partial charge on any atom is -0.496 e. The summed E-state index contributed by atoms with van der Waals surface area (Å²) in [7, 11) is 3.81. The van der Waals surface area contributed by atoms with Gasteiger partial charge in [-0.05, 0) is 31.9 Å². The second kappa shape index (κ2) is 5.69. The molecule has 1 aliphatic rings. The Hall–Kier alpha value is -0.540. The Morgan fingerprint density at radius 3 is 2.69 bits per heavy atom. The van der Waals surface area contributed by atoms with E-state index in [0.29, 0.717) is 6.04 Å². The molecule has 16 heavy (non-hydrogen) atoms. The highest BCUT2D eigenvalue weighted by molar-refractivity contribution is 7.10. The molecule has 0 saturated heterocycles. The summed E-state index contributed by atoms with van der Waals surface area (Å²) in [5.74, 6) is 1.80. The van der Waals surface area contributed by atoms with Crippen LogP contribution in [0.4, 0.5) is 0 Å². The SMILES string of the molecule is CNC(c1cc(OC)cs1)C1CCCCC1. The van der Waals surface area contributed by atoms with Gasteiger partial charge in [0.05, 0.1) is 7.11 Å². The van der Waals surface area contributed by atoms with Crippen molar-refractivity contribution < 1.29 is 4.74 Å². The van der Waals surface area contributed by atoms with E-state index in [9.17, 15) is 0 Å². The van der Waals surface area contributed by atoms with Crippen molar-refractivity contribution in [2.75, 3.05) is 14.2 Å². The van der Waals surface area contributed by atoms with Crippen molar-refractivity contribution in [1.29, 1.82) is 0 Å². The van der Waals surface area contributed by atoms with Gasteiger partial charge < -0.3 is 10.1 Å². The van der Waals surface area contributed by atoms with Crippen LogP contribution in [0.1, 0.15) is 43.0 Å². The molecule has 0 aliphatic heterocycles. The molecule has 1 atom stereocenters. The Morgan fingerprint density at radius 2 is 2.12 bits per heavy atom. The number of hydrogen-bond acceptors (Lipinski definition) is 3. The van der Waals surface area contributed by atoms with Gasteiger partial charge in [0.25, 0.3) is 0 Å². The Bertz CT molecular complexity index is 317. The minimum atomic E-state index is 0.522. The third kappa shape index (κ3) is 2.58. The standard InChI is InChI=1S/C13H21NOS/c1-14-13(10-6-4-3-5-7-10)12-8-11(15-2)9-16-12/h8-10,13-14H,3-7H2,1-2H3. The number of ether oxygens (including phenoxy) is 1. The van der Waals surface area contributed by atoms with Gasteiger partial charge in [0.15, 0.2) is 0 Å². The molecule has 0 amide bonds. The van der Waals surface area contributed by atoms with Crippen LogP contribution in [0.2, 0.25) is 0 Å². The second-order valence-electron chi connectivity index (χ2n) is 4.55. The lowest BCUT2D eigenvalue weighted by Gasteiger charge is -2.29. The lowest BCUT2D eigenvalue weighted by Crippen LogP contribution is -2.26. The van der Waals surface area contributed by atoms with Gasteiger partial charge >= 0.3 is 0 Å². The topological polar surface area (TPSA) is 21.3 Å². The fourth-order valence-electron chi connectivity index (χ4n) is 2.68. The van der Waals surface area contributed by atoms with Crippen LogP contribution in [0, 0.1) is 5.92 Å². The van der Waals surface area contributed by atoms with E-state index in [1.54, 1.807) is 7.11 Å². The fourth-order valence-corrected chi connectivity index (χ4v) is 3.74. The smallest absolute Gasteiger partial charge is 0.129 e. The van der Waals surface area contributed by atoms with Crippen LogP contribution in [0.5, 0.6) is 5.75 Å². The summed E-state index contributed by atoms with van der Waals surface area (Å²) in [5, 5.41) is 5.58. The van der Waals surface area contributed by atoms with Crippen LogP contribution in [-0.2, 0) is 0 Å². The highest BCUT2D eigenvalue weighted by Crippen LogP contribution is 2.37. The molecule has 2 rings (SSSR count). The molecule has 0 aromatic carbocycles. The molecule has 1 aromatic rings. The Labute approximate surface area is 102 Å². The average molecular weight is 239 g/mol. The first-order valence-corrected chi connectivity index (χ1v) is 7.03. The number of nitrogens with one attached hydrogen (secondary N) is 1. The number of rotatable bonds is 4. The molecular formula is C13H21NOS. The molecule has 1 aliphatic carbocycles. The van der Waals surface area contributed by atoms with Gasteiger partial charge in [0.2, 0.25) is 0 Å². The Balaban J connectivity index is 2.08. The first-order valence-electron chi connectivity index (χ1n) is 6.15. The van der Waals surface area contributed by atoms with Gasteiger partial charge in [-0.15, -0.1) is 11.3 Å². The quantitative estimate of drug-likeness (QED) is 0.867. The van der Waals surface area contributed by atoms with E-state index in [1.165, 1.54) is 37.0 Å². The normalized spacial score (nSPS) is 19.6. The first-order chi connectivity index (χ1) is 7.85. The van der Waals surface area contributed by atoms with Gasteiger partial charge in [-0.2, -0.15) is 0 Å². The van der Waals surface area contributed by atoms with Crippen molar-refractivity contribution in [3.63, 3.8) is 0 Å². The maximum Gasteiger partial charge on any atom is 0.129 e. The van der Waals surface area contributed by atoms with Crippen LogP contribution in [0.15, 0.2) is 11.4 Å². The van der Waals surface area contributed by atoms with Gasteiger partial charge in [0, 0.05) is 16.3 Å². The van der Waals surface area contributed by atoms with E-state index in [1.807, 2.05) is 11.3 Å². The van der Waals surface area contributed by atoms with E-state index < -0.39 is 0 Å². The average Bonchev–Trinajstić information content (AvgIpc) is 2.80. The maximum atomic E-state index is 5.26. The highest BCUT2D eigenvalue weighted by atomic mass is 32.1. The van der Waals surface area contributed by atoms with Crippen molar-refractivity contribution in [2.45, 2.75) is 38.1 Å². The molecule has 0 bridgehead atoms. The van der Waals surface area contributed by atoms with Crippen LogP contribution >= 0.6 is 11.3 Å². The van der Waals surface area contributed by atoms with Crippen molar-refractivity contribution in [3.8, 4) is 5.75 Å². The summed E-state index contributed by atoms with van der Waals surface area (Å²) in [5.41, 5.74) is 0. The maximum absolute atomic E-state index is 5.26. The van der Waals surface area contributed by atoms with Crippen molar-refractivity contribution in [2.24, 2.45) is 5.92 Å². The summed E-state index contributed by atoms with van der Waals surface area (Å²) in [6, 6.07) is 2.70.